The third-order valence-corrected chi connectivity index (χ3v) is 5.37. The highest BCUT2D eigenvalue weighted by molar-refractivity contribution is 7.99. The van der Waals surface area contributed by atoms with E-state index in [-0.39, 0.29) is 0 Å². The van der Waals surface area contributed by atoms with E-state index in [4.69, 9.17) is 5.73 Å². The van der Waals surface area contributed by atoms with Gasteiger partial charge in [-0.05, 0) is 46.9 Å². The van der Waals surface area contributed by atoms with E-state index in [1.54, 1.807) is 11.3 Å². The highest BCUT2D eigenvalue weighted by atomic mass is 32.2. The first-order chi connectivity index (χ1) is 7.40. The molecule has 1 unspecified atom stereocenters. The van der Waals surface area contributed by atoms with Crippen molar-refractivity contribution in [2.24, 2.45) is 11.7 Å². The van der Waals surface area contributed by atoms with Gasteiger partial charge in [-0.15, -0.1) is 0 Å². The minimum atomic E-state index is 0.525. The van der Waals surface area contributed by atoms with Crippen LogP contribution in [-0.2, 0) is 0 Å². The average Bonchev–Trinajstić information content (AvgIpc) is 2.90. The van der Waals surface area contributed by atoms with Crippen LogP contribution in [0.15, 0.2) is 16.8 Å². The van der Waals surface area contributed by atoms with Crippen LogP contribution in [-0.4, -0.2) is 12.3 Å². The first-order valence-corrected chi connectivity index (χ1v) is 7.73. The molecule has 2 N–H and O–H groups in total. The average molecular weight is 241 g/mol. The summed E-state index contributed by atoms with van der Waals surface area (Å²) in [5.74, 6) is 2.26. The molecule has 0 radical (unpaired) electrons. The van der Waals surface area contributed by atoms with Crippen LogP contribution in [0, 0.1) is 5.92 Å². The lowest BCUT2D eigenvalue weighted by Crippen LogP contribution is -2.10. The summed E-state index contributed by atoms with van der Waals surface area (Å²) < 4.78 is 0. The summed E-state index contributed by atoms with van der Waals surface area (Å²) in [6.45, 7) is 0.772. The minimum Gasteiger partial charge on any atom is -0.329 e. The Morgan fingerprint density at radius 1 is 1.47 bits per heavy atom. The molecule has 1 aliphatic carbocycles. The smallest absolute Gasteiger partial charge is 0.0427 e. The monoisotopic (exact) mass is 241 g/mol. The molecule has 0 amide bonds. The van der Waals surface area contributed by atoms with Crippen LogP contribution in [0.3, 0.4) is 0 Å². The van der Waals surface area contributed by atoms with Gasteiger partial charge < -0.3 is 5.73 Å². The molecule has 2 rings (SSSR count). The Morgan fingerprint density at radius 2 is 2.27 bits per heavy atom. The zero-order valence-corrected chi connectivity index (χ0v) is 10.7. The fourth-order valence-corrected chi connectivity index (χ4v) is 4.30. The summed E-state index contributed by atoms with van der Waals surface area (Å²) in [4.78, 5) is 0. The van der Waals surface area contributed by atoms with E-state index in [1.165, 1.54) is 37.0 Å². The van der Waals surface area contributed by atoms with Crippen LogP contribution in [0.2, 0.25) is 0 Å². The molecule has 1 fully saturated rings. The normalized spacial score (nSPS) is 19.5. The molecule has 0 aromatic carbocycles. The quantitative estimate of drug-likeness (QED) is 0.851. The van der Waals surface area contributed by atoms with Crippen molar-refractivity contribution in [3.05, 3.63) is 22.4 Å². The van der Waals surface area contributed by atoms with Crippen molar-refractivity contribution in [1.82, 2.24) is 0 Å². The summed E-state index contributed by atoms with van der Waals surface area (Å²) in [6.07, 6.45) is 5.76. The van der Waals surface area contributed by atoms with Crippen molar-refractivity contribution < 1.29 is 0 Å². The fraction of sp³-hybridized carbons (Fsp3) is 0.667. The second kappa shape index (κ2) is 5.92. The molecule has 0 aliphatic heterocycles. The molecule has 1 atom stereocenters. The summed E-state index contributed by atoms with van der Waals surface area (Å²) in [6, 6.07) is 2.21. The fourth-order valence-electron chi connectivity index (χ4n) is 2.19. The maximum atomic E-state index is 5.83. The number of thioether (sulfide) groups is 1. The molecule has 0 saturated heterocycles. The van der Waals surface area contributed by atoms with Gasteiger partial charge in [0.25, 0.3) is 0 Å². The van der Waals surface area contributed by atoms with Crippen LogP contribution in [0.5, 0.6) is 0 Å². The Balaban J connectivity index is 1.80. The van der Waals surface area contributed by atoms with E-state index in [0.29, 0.717) is 5.25 Å². The summed E-state index contributed by atoms with van der Waals surface area (Å²) in [7, 11) is 0. The second-order valence-corrected chi connectivity index (χ2v) is 6.28. The van der Waals surface area contributed by atoms with Crippen LogP contribution < -0.4 is 5.73 Å². The number of nitrogens with two attached hydrogens (primary N) is 1. The predicted molar refractivity (Wildman–Crippen MR) is 70.5 cm³/mol. The zero-order chi connectivity index (χ0) is 10.5. The molecule has 1 saturated carbocycles. The van der Waals surface area contributed by atoms with E-state index in [2.05, 4.69) is 28.6 Å². The zero-order valence-electron chi connectivity index (χ0n) is 9.02. The van der Waals surface area contributed by atoms with Gasteiger partial charge in [-0.2, -0.15) is 23.1 Å². The van der Waals surface area contributed by atoms with Crippen molar-refractivity contribution in [1.29, 1.82) is 0 Å². The largest absolute Gasteiger partial charge is 0.329 e. The summed E-state index contributed by atoms with van der Waals surface area (Å²) in [5.41, 5.74) is 7.25. The number of rotatable bonds is 5. The number of hydrogen-bond acceptors (Lipinski definition) is 3. The lowest BCUT2D eigenvalue weighted by atomic mass is 10.1. The van der Waals surface area contributed by atoms with Crippen molar-refractivity contribution >= 4 is 23.1 Å². The Kier molecular flexibility index (Phi) is 4.54. The van der Waals surface area contributed by atoms with E-state index in [9.17, 15) is 0 Å². The Bertz CT molecular complexity index is 265. The van der Waals surface area contributed by atoms with E-state index in [1.807, 2.05) is 0 Å². The van der Waals surface area contributed by atoms with Gasteiger partial charge in [0.1, 0.15) is 0 Å². The maximum Gasteiger partial charge on any atom is 0.0427 e. The summed E-state index contributed by atoms with van der Waals surface area (Å²) >= 11 is 3.83. The SMILES string of the molecule is NCC(SCC1CCCC1)c1ccsc1. The van der Waals surface area contributed by atoms with Gasteiger partial charge in [0.15, 0.2) is 0 Å². The van der Waals surface area contributed by atoms with Crippen LogP contribution in [0.4, 0.5) is 0 Å². The first-order valence-electron chi connectivity index (χ1n) is 5.74. The van der Waals surface area contributed by atoms with Gasteiger partial charge in [0.2, 0.25) is 0 Å². The lowest BCUT2D eigenvalue weighted by Gasteiger charge is -2.15. The molecule has 1 aliphatic rings. The molecule has 0 spiro atoms. The molecule has 1 heterocycles. The Labute approximate surface area is 100 Å². The number of thiophene rings is 1. The predicted octanol–water partition coefficient (Wildman–Crippen LogP) is 3.67. The summed E-state index contributed by atoms with van der Waals surface area (Å²) in [5, 5.41) is 4.91. The maximum absolute atomic E-state index is 5.83. The first kappa shape index (κ1) is 11.5. The molecule has 84 valence electrons. The highest BCUT2D eigenvalue weighted by Crippen LogP contribution is 2.35. The Hall–Kier alpha value is 0.01000. The minimum absolute atomic E-state index is 0.525. The lowest BCUT2D eigenvalue weighted by molar-refractivity contribution is 0.622. The molecule has 3 heteroatoms. The molecule has 15 heavy (non-hydrogen) atoms. The van der Waals surface area contributed by atoms with Gasteiger partial charge >= 0.3 is 0 Å². The highest BCUT2D eigenvalue weighted by Gasteiger charge is 2.18. The van der Waals surface area contributed by atoms with Gasteiger partial charge in [-0.1, -0.05) is 12.8 Å². The molecule has 1 aromatic rings. The van der Waals surface area contributed by atoms with E-state index in [0.717, 1.165) is 12.5 Å². The van der Waals surface area contributed by atoms with Crippen molar-refractivity contribution in [2.75, 3.05) is 12.3 Å². The molecule has 0 bridgehead atoms. The Morgan fingerprint density at radius 3 is 2.87 bits per heavy atom. The van der Waals surface area contributed by atoms with Crippen LogP contribution in [0.1, 0.15) is 36.5 Å². The standard InChI is InChI=1S/C12H19NS2/c13-7-12(11-5-6-14-9-11)15-8-10-3-1-2-4-10/h5-6,9-10,12H,1-4,7-8,13H2. The van der Waals surface area contributed by atoms with Crippen LogP contribution in [0.25, 0.3) is 0 Å². The van der Waals surface area contributed by atoms with Gasteiger partial charge in [0, 0.05) is 11.8 Å². The molecule has 1 nitrogen and oxygen atoms in total. The topological polar surface area (TPSA) is 26.0 Å². The van der Waals surface area contributed by atoms with E-state index >= 15 is 0 Å². The van der Waals surface area contributed by atoms with Gasteiger partial charge in [-0.25, -0.2) is 0 Å². The second-order valence-electron chi connectivity index (χ2n) is 4.26. The van der Waals surface area contributed by atoms with Gasteiger partial charge in [0.05, 0.1) is 0 Å². The molecular weight excluding hydrogens is 222 g/mol. The van der Waals surface area contributed by atoms with E-state index < -0.39 is 0 Å². The van der Waals surface area contributed by atoms with Gasteiger partial charge in [-0.3, -0.25) is 0 Å². The van der Waals surface area contributed by atoms with Crippen molar-refractivity contribution in [2.45, 2.75) is 30.9 Å². The number of hydrogen-bond donors (Lipinski definition) is 1. The third kappa shape index (κ3) is 3.23. The van der Waals surface area contributed by atoms with Crippen molar-refractivity contribution in [3.63, 3.8) is 0 Å². The molecule has 1 aromatic heterocycles. The van der Waals surface area contributed by atoms with Crippen molar-refractivity contribution in [3.8, 4) is 0 Å². The molecular formula is C12H19NS2. The third-order valence-electron chi connectivity index (χ3n) is 3.14. The van der Waals surface area contributed by atoms with Crippen LogP contribution >= 0.6 is 23.1 Å².